The van der Waals surface area contributed by atoms with Gasteiger partial charge in [-0.15, -0.1) is 11.5 Å². The van der Waals surface area contributed by atoms with Crippen LogP contribution >= 0.6 is 0 Å². The molecule has 2 heterocycles. The van der Waals surface area contributed by atoms with E-state index in [2.05, 4.69) is 53.0 Å². The topological polar surface area (TPSA) is 62.7 Å². The van der Waals surface area contributed by atoms with Gasteiger partial charge in [0.2, 0.25) is 0 Å². The summed E-state index contributed by atoms with van der Waals surface area (Å²) in [7, 11) is -1.22. The van der Waals surface area contributed by atoms with Crippen molar-refractivity contribution in [3.63, 3.8) is 0 Å². The molecule has 0 unspecified atom stereocenters. The van der Waals surface area contributed by atoms with Crippen LogP contribution in [-0.4, -0.2) is 51.6 Å². The first-order chi connectivity index (χ1) is 13.3. The number of furan rings is 1. The lowest BCUT2D eigenvalue weighted by Crippen LogP contribution is -2.46. The SMILES string of the molecule is C[Si](C)(C)C#CCCCCN1CCN(c2ccc3oc(C(N)=O)cc3c2)CC1. The Kier molecular flexibility index (Phi) is 6.48. The highest BCUT2D eigenvalue weighted by molar-refractivity contribution is 6.83. The maximum Gasteiger partial charge on any atom is 0.284 e. The molecule has 150 valence electrons. The minimum Gasteiger partial charge on any atom is -0.451 e. The number of carbonyl (C=O) groups excluding carboxylic acids is 1. The fraction of sp³-hybridized carbons (Fsp3) is 0.500. The molecule has 0 atom stereocenters. The quantitative estimate of drug-likeness (QED) is 0.459. The van der Waals surface area contributed by atoms with Crippen LogP contribution in [0.2, 0.25) is 19.6 Å². The first-order valence-corrected chi connectivity index (χ1v) is 13.6. The van der Waals surface area contributed by atoms with Crippen LogP contribution in [0, 0.1) is 11.5 Å². The molecule has 5 nitrogen and oxygen atoms in total. The summed E-state index contributed by atoms with van der Waals surface area (Å²) >= 11 is 0. The summed E-state index contributed by atoms with van der Waals surface area (Å²) in [4.78, 5) is 16.2. The van der Waals surface area contributed by atoms with Crippen molar-refractivity contribution in [2.75, 3.05) is 37.6 Å². The number of hydrogen-bond acceptors (Lipinski definition) is 4. The van der Waals surface area contributed by atoms with Gasteiger partial charge in [-0.25, -0.2) is 0 Å². The second-order valence-electron chi connectivity index (χ2n) is 8.53. The summed E-state index contributed by atoms with van der Waals surface area (Å²) in [5, 5.41) is 0.924. The van der Waals surface area contributed by atoms with Crippen molar-refractivity contribution >= 4 is 30.6 Å². The van der Waals surface area contributed by atoms with E-state index >= 15 is 0 Å². The van der Waals surface area contributed by atoms with Gasteiger partial charge in [0.15, 0.2) is 5.76 Å². The summed E-state index contributed by atoms with van der Waals surface area (Å²) in [6.45, 7) is 12.2. The summed E-state index contributed by atoms with van der Waals surface area (Å²) in [6.07, 6.45) is 3.44. The number of fused-ring (bicyclic) bond motifs is 1. The van der Waals surface area contributed by atoms with Crippen molar-refractivity contribution in [3.8, 4) is 11.5 Å². The lowest BCUT2D eigenvalue weighted by molar-refractivity contribution is 0.0976. The van der Waals surface area contributed by atoms with Gasteiger partial charge in [-0.05, 0) is 43.7 Å². The van der Waals surface area contributed by atoms with Crippen LogP contribution in [0.4, 0.5) is 5.69 Å². The molecule has 3 rings (SSSR count). The molecule has 1 aliphatic rings. The molecule has 0 saturated carbocycles. The number of nitrogens with zero attached hydrogens (tertiary/aromatic N) is 2. The van der Waals surface area contributed by atoms with Crippen LogP contribution in [0.15, 0.2) is 28.7 Å². The Bertz CT molecular complexity index is 881. The molecule has 2 aromatic rings. The molecule has 1 aromatic carbocycles. The Morgan fingerprint density at radius 1 is 1.14 bits per heavy atom. The fourth-order valence-electron chi connectivity index (χ4n) is 3.46. The first kappa shape index (κ1) is 20.5. The van der Waals surface area contributed by atoms with E-state index in [9.17, 15) is 4.79 Å². The van der Waals surface area contributed by atoms with E-state index in [1.807, 2.05) is 6.07 Å². The Morgan fingerprint density at radius 3 is 2.57 bits per heavy atom. The average Bonchev–Trinajstić information content (AvgIpc) is 3.08. The van der Waals surface area contributed by atoms with Crippen molar-refractivity contribution in [1.82, 2.24) is 4.90 Å². The normalized spacial score (nSPS) is 15.5. The highest BCUT2D eigenvalue weighted by atomic mass is 28.3. The monoisotopic (exact) mass is 397 g/mol. The zero-order valence-corrected chi connectivity index (χ0v) is 18.3. The predicted octanol–water partition coefficient (Wildman–Crippen LogP) is 3.70. The van der Waals surface area contributed by atoms with Crippen molar-refractivity contribution in [2.45, 2.75) is 38.9 Å². The Labute approximate surface area is 168 Å². The highest BCUT2D eigenvalue weighted by Crippen LogP contribution is 2.26. The largest absolute Gasteiger partial charge is 0.451 e. The third-order valence-corrected chi connectivity index (χ3v) is 5.90. The highest BCUT2D eigenvalue weighted by Gasteiger charge is 2.18. The van der Waals surface area contributed by atoms with Gasteiger partial charge in [-0.1, -0.05) is 19.6 Å². The van der Waals surface area contributed by atoms with E-state index < -0.39 is 14.0 Å². The first-order valence-electron chi connectivity index (χ1n) is 10.1. The Hall–Kier alpha value is -2.23. The summed E-state index contributed by atoms with van der Waals surface area (Å²) in [5.41, 5.74) is 10.6. The van der Waals surface area contributed by atoms with Crippen molar-refractivity contribution in [1.29, 1.82) is 0 Å². The molecule has 1 aromatic heterocycles. The van der Waals surface area contributed by atoms with Gasteiger partial charge in [-0.2, -0.15) is 0 Å². The van der Waals surface area contributed by atoms with Gasteiger partial charge in [-0.3, -0.25) is 9.69 Å². The molecule has 1 saturated heterocycles. The van der Waals surface area contributed by atoms with Gasteiger partial charge in [0.1, 0.15) is 13.7 Å². The van der Waals surface area contributed by atoms with Gasteiger partial charge < -0.3 is 15.1 Å². The van der Waals surface area contributed by atoms with E-state index in [-0.39, 0.29) is 5.76 Å². The molecule has 0 spiro atoms. The minimum atomic E-state index is -1.22. The fourth-order valence-corrected chi connectivity index (χ4v) is 4.11. The summed E-state index contributed by atoms with van der Waals surface area (Å²) in [6, 6.07) is 7.79. The number of carbonyl (C=O) groups is 1. The average molecular weight is 398 g/mol. The van der Waals surface area contributed by atoms with Gasteiger partial charge in [0.05, 0.1) is 0 Å². The van der Waals surface area contributed by atoms with Gasteiger partial charge in [0, 0.05) is 43.7 Å². The molecule has 0 aliphatic carbocycles. The summed E-state index contributed by atoms with van der Waals surface area (Å²) in [5.74, 6) is 3.05. The third kappa shape index (κ3) is 5.63. The predicted molar refractivity (Wildman–Crippen MR) is 118 cm³/mol. The number of primary amides is 1. The number of unbranched alkanes of at least 4 members (excludes halogenated alkanes) is 2. The van der Waals surface area contributed by atoms with Gasteiger partial charge in [0.25, 0.3) is 5.91 Å². The van der Waals surface area contributed by atoms with E-state index in [1.54, 1.807) is 6.07 Å². The Morgan fingerprint density at radius 2 is 1.89 bits per heavy atom. The molecule has 2 N–H and O–H groups in total. The number of piperazine rings is 1. The van der Waals surface area contributed by atoms with Crippen LogP contribution in [0.25, 0.3) is 11.0 Å². The standard InChI is InChI=1S/C22H31N3O2Si/c1-28(2,3)15-7-5-4-6-10-24-11-13-25(14-12-24)19-8-9-20-18(16-19)17-21(27-20)22(23)26/h8-9,16-17H,4-6,10-14H2,1-3H3,(H2,23,26). The van der Waals surface area contributed by atoms with Crippen molar-refractivity contribution < 1.29 is 9.21 Å². The lowest BCUT2D eigenvalue weighted by Gasteiger charge is -2.36. The number of rotatable bonds is 6. The van der Waals surface area contributed by atoms with Gasteiger partial charge >= 0.3 is 0 Å². The molecule has 28 heavy (non-hydrogen) atoms. The van der Waals surface area contributed by atoms with Crippen LogP contribution < -0.4 is 10.6 Å². The molecule has 0 bridgehead atoms. The molecule has 0 radical (unpaired) electrons. The van der Waals surface area contributed by atoms with E-state index in [0.717, 1.165) is 44.5 Å². The van der Waals surface area contributed by atoms with E-state index in [4.69, 9.17) is 10.2 Å². The molecule has 6 heteroatoms. The van der Waals surface area contributed by atoms with Crippen LogP contribution in [0.5, 0.6) is 0 Å². The summed E-state index contributed by atoms with van der Waals surface area (Å²) < 4.78 is 5.47. The van der Waals surface area contributed by atoms with E-state index in [0.29, 0.717) is 5.58 Å². The maximum absolute atomic E-state index is 11.3. The Balaban J connectivity index is 1.45. The zero-order valence-electron chi connectivity index (χ0n) is 17.3. The smallest absolute Gasteiger partial charge is 0.284 e. The molecule has 1 fully saturated rings. The lowest BCUT2D eigenvalue weighted by atomic mass is 10.2. The molecular weight excluding hydrogens is 366 g/mol. The number of nitrogens with two attached hydrogens (primary N) is 1. The van der Waals surface area contributed by atoms with E-state index in [1.165, 1.54) is 18.5 Å². The van der Waals surface area contributed by atoms with Crippen LogP contribution in [0.1, 0.15) is 29.8 Å². The number of hydrogen-bond donors (Lipinski definition) is 1. The second kappa shape index (κ2) is 8.85. The van der Waals surface area contributed by atoms with Crippen molar-refractivity contribution in [2.24, 2.45) is 5.73 Å². The van der Waals surface area contributed by atoms with Crippen LogP contribution in [0.3, 0.4) is 0 Å². The third-order valence-electron chi connectivity index (χ3n) is 4.97. The number of amides is 1. The maximum atomic E-state index is 11.3. The number of benzene rings is 1. The molecule has 1 aliphatic heterocycles. The zero-order chi connectivity index (χ0) is 20.1. The second-order valence-corrected chi connectivity index (χ2v) is 13.3. The number of anilines is 1. The molecular formula is C22H31N3O2Si. The van der Waals surface area contributed by atoms with Crippen molar-refractivity contribution in [3.05, 3.63) is 30.0 Å². The van der Waals surface area contributed by atoms with Crippen LogP contribution in [-0.2, 0) is 0 Å². The molecule has 1 amide bonds. The minimum absolute atomic E-state index is 0.214.